The first-order valence-corrected chi connectivity index (χ1v) is 7.37. The minimum absolute atomic E-state index is 0.0611. The van der Waals surface area contributed by atoms with E-state index in [1.165, 1.54) is 6.33 Å². The second kappa shape index (κ2) is 6.47. The van der Waals surface area contributed by atoms with E-state index in [2.05, 4.69) is 20.7 Å². The second-order valence-corrected chi connectivity index (χ2v) is 5.13. The molecule has 0 radical (unpaired) electrons. The number of hydrogen-bond donors (Lipinski definition) is 2. The van der Waals surface area contributed by atoms with Crippen LogP contribution in [0.4, 0.5) is 11.6 Å². The minimum atomic E-state index is -0.483. The van der Waals surface area contributed by atoms with E-state index in [1.807, 2.05) is 19.1 Å². The SMILES string of the molecule is CCOc1ccccc1NC(=O)C[C@H]1Cn2ncnc2NC1=O. The highest BCUT2D eigenvalue weighted by molar-refractivity contribution is 5.98. The molecule has 2 N–H and O–H groups in total. The minimum Gasteiger partial charge on any atom is -0.492 e. The Hall–Kier alpha value is -2.90. The van der Waals surface area contributed by atoms with E-state index in [1.54, 1.807) is 16.8 Å². The third kappa shape index (κ3) is 3.31. The lowest BCUT2D eigenvalue weighted by Gasteiger charge is -2.22. The van der Waals surface area contributed by atoms with Crippen LogP contribution in [0.15, 0.2) is 30.6 Å². The molecule has 1 atom stereocenters. The van der Waals surface area contributed by atoms with Crippen LogP contribution < -0.4 is 15.4 Å². The van der Waals surface area contributed by atoms with Gasteiger partial charge in [0.05, 0.1) is 24.8 Å². The average Bonchev–Trinajstić information content (AvgIpc) is 2.97. The first kappa shape index (κ1) is 15.0. The molecular formula is C15H17N5O3. The molecular weight excluding hydrogens is 298 g/mol. The van der Waals surface area contributed by atoms with Crippen molar-refractivity contribution in [1.82, 2.24) is 14.8 Å². The predicted molar refractivity (Wildman–Crippen MR) is 83.0 cm³/mol. The van der Waals surface area contributed by atoms with Gasteiger partial charge in [0.1, 0.15) is 12.1 Å². The fourth-order valence-electron chi connectivity index (χ4n) is 2.43. The molecule has 0 saturated heterocycles. The standard InChI is InChI=1S/C15H17N5O3/c1-2-23-12-6-4-3-5-11(12)18-13(21)7-10-8-20-15(16-9-17-20)19-14(10)22/h3-6,9-10H,2,7-8H2,1H3,(H,18,21)(H,16,17,19,22)/t10-/m0/s1. The van der Waals surface area contributed by atoms with Gasteiger partial charge in [-0.05, 0) is 19.1 Å². The normalized spacial score (nSPS) is 16.4. The Bertz CT molecular complexity index is 727. The van der Waals surface area contributed by atoms with Gasteiger partial charge >= 0.3 is 0 Å². The number of para-hydroxylation sites is 2. The Morgan fingerprint density at radius 1 is 1.48 bits per heavy atom. The molecule has 0 fully saturated rings. The molecule has 1 aromatic heterocycles. The molecule has 1 aliphatic heterocycles. The Kier molecular flexibility index (Phi) is 4.22. The lowest BCUT2D eigenvalue weighted by Crippen LogP contribution is -2.36. The quantitative estimate of drug-likeness (QED) is 0.866. The van der Waals surface area contributed by atoms with Crippen LogP contribution in [0, 0.1) is 5.92 Å². The fourth-order valence-corrected chi connectivity index (χ4v) is 2.43. The summed E-state index contributed by atoms with van der Waals surface area (Å²) in [6, 6.07) is 7.20. The van der Waals surface area contributed by atoms with Gasteiger partial charge in [-0.1, -0.05) is 12.1 Å². The first-order chi connectivity index (χ1) is 11.2. The molecule has 1 aliphatic rings. The van der Waals surface area contributed by atoms with E-state index >= 15 is 0 Å². The Morgan fingerprint density at radius 2 is 2.30 bits per heavy atom. The lowest BCUT2D eigenvalue weighted by atomic mass is 10.0. The van der Waals surface area contributed by atoms with Crippen molar-refractivity contribution >= 4 is 23.5 Å². The monoisotopic (exact) mass is 315 g/mol. The van der Waals surface area contributed by atoms with Crippen LogP contribution in [0.25, 0.3) is 0 Å². The van der Waals surface area contributed by atoms with Gasteiger partial charge in [0.25, 0.3) is 0 Å². The van der Waals surface area contributed by atoms with E-state index < -0.39 is 5.92 Å². The number of aromatic nitrogens is 3. The summed E-state index contributed by atoms with van der Waals surface area (Å²) in [7, 11) is 0. The van der Waals surface area contributed by atoms with Crippen LogP contribution in [-0.4, -0.2) is 33.2 Å². The molecule has 0 unspecified atom stereocenters. The van der Waals surface area contributed by atoms with Gasteiger partial charge in [-0.15, -0.1) is 0 Å². The van der Waals surface area contributed by atoms with Crippen molar-refractivity contribution in [3.05, 3.63) is 30.6 Å². The third-order valence-corrected chi connectivity index (χ3v) is 3.51. The molecule has 2 aromatic rings. The molecule has 0 aliphatic carbocycles. The number of fused-ring (bicyclic) bond motifs is 1. The molecule has 0 saturated carbocycles. The van der Waals surface area contributed by atoms with Crippen LogP contribution in [0.3, 0.4) is 0 Å². The maximum absolute atomic E-state index is 12.2. The number of carbonyl (C=O) groups excluding carboxylic acids is 2. The molecule has 1 aromatic carbocycles. The number of rotatable bonds is 5. The Morgan fingerprint density at radius 3 is 3.13 bits per heavy atom. The summed E-state index contributed by atoms with van der Waals surface area (Å²) in [4.78, 5) is 28.2. The summed E-state index contributed by atoms with van der Waals surface area (Å²) in [6.45, 7) is 2.72. The zero-order valence-corrected chi connectivity index (χ0v) is 12.7. The van der Waals surface area contributed by atoms with Crippen LogP contribution in [0.2, 0.25) is 0 Å². The lowest BCUT2D eigenvalue weighted by molar-refractivity contribution is -0.126. The van der Waals surface area contributed by atoms with Crippen molar-refractivity contribution in [3.8, 4) is 5.75 Å². The number of hydrogen-bond acceptors (Lipinski definition) is 5. The van der Waals surface area contributed by atoms with E-state index in [0.717, 1.165) is 0 Å². The van der Waals surface area contributed by atoms with Gasteiger partial charge in [0.15, 0.2) is 0 Å². The molecule has 2 amide bonds. The topological polar surface area (TPSA) is 98.1 Å². The fraction of sp³-hybridized carbons (Fsp3) is 0.333. The maximum Gasteiger partial charge on any atom is 0.232 e. The summed E-state index contributed by atoms with van der Waals surface area (Å²) in [5.41, 5.74) is 0.594. The largest absolute Gasteiger partial charge is 0.492 e. The summed E-state index contributed by atoms with van der Waals surface area (Å²) < 4.78 is 7.05. The molecule has 120 valence electrons. The zero-order chi connectivity index (χ0) is 16.2. The number of amides is 2. The van der Waals surface area contributed by atoms with Crippen molar-refractivity contribution in [1.29, 1.82) is 0 Å². The summed E-state index contributed by atoms with van der Waals surface area (Å²) in [5.74, 6) is 0.0615. The number of ether oxygens (including phenoxy) is 1. The van der Waals surface area contributed by atoms with Gasteiger partial charge in [-0.3, -0.25) is 14.9 Å². The van der Waals surface area contributed by atoms with Gasteiger partial charge in [0, 0.05) is 6.42 Å². The Balaban J connectivity index is 1.65. The molecule has 0 spiro atoms. The smallest absolute Gasteiger partial charge is 0.232 e. The number of nitrogens with one attached hydrogen (secondary N) is 2. The van der Waals surface area contributed by atoms with Crippen LogP contribution in [-0.2, 0) is 16.1 Å². The molecule has 2 heterocycles. The molecule has 3 rings (SSSR count). The second-order valence-electron chi connectivity index (χ2n) is 5.13. The molecule has 0 bridgehead atoms. The molecule has 8 nitrogen and oxygen atoms in total. The van der Waals surface area contributed by atoms with Crippen molar-refractivity contribution < 1.29 is 14.3 Å². The van der Waals surface area contributed by atoms with Crippen molar-refractivity contribution in [2.75, 3.05) is 17.2 Å². The van der Waals surface area contributed by atoms with Crippen LogP contribution in [0.5, 0.6) is 5.75 Å². The van der Waals surface area contributed by atoms with Gasteiger partial charge in [-0.2, -0.15) is 10.1 Å². The van der Waals surface area contributed by atoms with Crippen molar-refractivity contribution in [2.45, 2.75) is 19.9 Å². The average molecular weight is 315 g/mol. The van der Waals surface area contributed by atoms with Crippen molar-refractivity contribution in [2.24, 2.45) is 5.92 Å². The summed E-state index contributed by atoms with van der Waals surface area (Å²) in [5, 5.41) is 9.44. The molecule has 23 heavy (non-hydrogen) atoms. The van der Waals surface area contributed by atoms with Gasteiger partial charge in [-0.25, -0.2) is 4.68 Å². The summed E-state index contributed by atoms with van der Waals surface area (Å²) in [6.07, 6.45) is 1.43. The van der Waals surface area contributed by atoms with Crippen molar-refractivity contribution in [3.63, 3.8) is 0 Å². The molecule has 8 heteroatoms. The van der Waals surface area contributed by atoms with Gasteiger partial charge in [0.2, 0.25) is 17.8 Å². The number of benzene rings is 1. The highest BCUT2D eigenvalue weighted by Gasteiger charge is 2.29. The van der Waals surface area contributed by atoms with E-state index in [-0.39, 0.29) is 18.2 Å². The van der Waals surface area contributed by atoms with Gasteiger partial charge < -0.3 is 10.1 Å². The maximum atomic E-state index is 12.2. The highest BCUT2D eigenvalue weighted by Crippen LogP contribution is 2.25. The van der Waals surface area contributed by atoms with Crippen LogP contribution >= 0.6 is 0 Å². The number of anilines is 2. The third-order valence-electron chi connectivity index (χ3n) is 3.51. The zero-order valence-electron chi connectivity index (χ0n) is 12.7. The van der Waals surface area contributed by atoms with E-state index in [9.17, 15) is 9.59 Å². The highest BCUT2D eigenvalue weighted by atomic mass is 16.5. The summed E-state index contributed by atoms with van der Waals surface area (Å²) >= 11 is 0. The Labute approximate surface area is 132 Å². The predicted octanol–water partition coefficient (Wildman–Crippen LogP) is 1.27. The first-order valence-electron chi connectivity index (χ1n) is 7.37. The van der Waals surface area contributed by atoms with E-state index in [4.69, 9.17) is 4.74 Å². The van der Waals surface area contributed by atoms with E-state index in [0.29, 0.717) is 30.5 Å². The number of carbonyl (C=O) groups is 2. The number of nitrogens with zero attached hydrogens (tertiary/aromatic N) is 3. The van der Waals surface area contributed by atoms with Crippen LogP contribution in [0.1, 0.15) is 13.3 Å².